The Balaban J connectivity index is 0.000000178. The molecule has 14 heteroatoms. The Morgan fingerprint density at radius 2 is 1.21 bits per heavy atom. The summed E-state index contributed by atoms with van der Waals surface area (Å²) in [6.45, 7) is -0.683. The van der Waals surface area contributed by atoms with Crippen molar-refractivity contribution in [1.29, 1.82) is 0 Å². The maximum absolute atomic E-state index is 12.0. The van der Waals surface area contributed by atoms with Crippen molar-refractivity contribution in [3.05, 3.63) is 81.4 Å². The third-order valence-corrected chi connectivity index (χ3v) is 5.86. The molecule has 12 nitrogen and oxygen atoms in total. The lowest BCUT2D eigenvalue weighted by molar-refractivity contribution is 0.0938. The number of benzene rings is 2. The molecule has 0 saturated heterocycles. The molecule has 38 heavy (non-hydrogen) atoms. The predicted octanol–water partition coefficient (Wildman–Crippen LogP) is 2.08. The summed E-state index contributed by atoms with van der Waals surface area (Å²) in [6, 6.07) is 14.0. The number of rotatable bonds is 7. The third kappa shape index (κ3) is 6.53. The van der Waals surface area contributed by atoms with Gasteiger partial charge in [0.15, 0.2) is 11.4 Å². The highest BCUT2D eigenvalue weighted by Crippen LogP contribution is 2.20. The van der Waals surface area contributed by atoms with Gasteiger partial charge in [0, 0.05) is 23.1 Å². The molecule has 1 saturated carbocycles. The maximum atomic E-state index is 12.0. The van der Waals surface area contributed by atoms with Crippen LogP contribution in [0.2, 0.25) is 10.0 Å². The van der Waals surface area contributed by atoms with E-state index in [9.17, 15) is 14.7 Å². The molecule has 2 aromatic carbocycles. The smallest absolute Gasteiger partial charge is 0.274 e. The van der Waals surface area contributed by atoms with Crippen LogP contribution in [0.1, 0.15) is 45.2 Å². The summed E-state index contributed by atoms with van der Waals surface area (Å²) >= 11 is 11.6. The fraction of sp³-hybridized carbons (Fsp3) is 0.250. The summed E-state index contributed by atoms with van der Waals surface area (Å²) in [6.07, 6.45) is 1.98. The Bertz CT molecular complexity index is 1420. The summed E-state index contributed by atoms with van der Waals surface area (Å²) in [4.78, 5) is 26.2. The molecule has 4 N–H and O–H groups in total. The summed E-state index contributed by atoms with van der Waals surface area (Å²) < 4.78 is 0. The van der Waals surface area contributed by atoms with Crippen LogP contribution in [0.15, 0.2) is 48.5 Å². The van der Waals surface area contributed by atoms with E-state index >= 15 is 0 Å². The molecule has 2 aromatic heterocycles. The number of hydrogen-bond acceptors (Lipinski definition) is 8. The first-order chi connectivity index (χ1) is 18.3. The molecule has 5 rings (SSSR count). The van der Waals surface area contributed by atoms with Crippen LogP contribution in [0.5, 0.6) is 0 Å². The van der Waals surface area contributed by atoms with E-state index in [1.54, 1.807) is 48.5 Å². The molecule has 0 bridgehead atoms. The van der Waals surface area contributed by atoms with Crippen molar-refractivity contribution >= 4 is 35.0 Å². The Morgan fingerprint density at radius 1 is 0.789 bits per heavy atom. The highest BCUT2D eigenvalue weighted by Gasteiger charge is 2.27. The van der Waals surface area contributed by atoms with E-state index in [0.717, 1.165) is 12.8 Å². The largest absolute Gasteiger partial charge is 0.390 e. The second-order valence-corrected chi connectivity index (χ2v) is 9.04. The summed E-state index contributed by atoms with van der Waals surface area (Å²) in [7, 11) is 1.49. The molecule has 1 fully saturated rings. The number of amides is 2. The Morgan fingerprint density at radius 3 is 1.58 bits per heavy atom. The lowest BCUT2D eigenvalue weighted by atomic mass is 10.3. The van der Waals surface area contributed by atoms with E-state index in [-0.39, 0.29) is 53.8 Å². The molecule has 0 aliphatic heterocycles. The van der Waals surface area contributed by atoms with Crippen molar-refractivity contribution < 1.29 is 19.8 Å². The zero-order valence-corrected chi connectivity index (χ0v) is 21.7. The van der Waals surface area contributed by atoms with Crippen molar-refractivity contribution in [2.75, 3.05) is 7.05 Å². The molecule has 1 aliphatic rings. The quantitative estimate of drug-likeness (QED) is 0.268. The number of carbonyl (C=O) groups excluding carboxylic acids is 2. The Kier molecular flexibility index (Phi) is 8.69. The first-order valence-electron chi connectivity index (χ1n) is 11.5. The standard InChI is InChI=1S/C13H13ClN4O2.C11H11ClN4O2/c14-8-1-5-10(6-2-8)18-16-11(7-19)12(17-18)13(20)15-9-3-4-9;1-13-11(18)10-9(6-17)14-16(15-10)8-4-2-7(12)3-5-8/h1-2,5-6,9,19H,3-4,7H2,(H,15,20);2-5,17H,6H2,1H3,(H,13,18). The number of aliphatic hydroxyl groups excluding tert-OH is 2. The first kappa shape index (κ1) is 27.2. The molecular weight excluding hydrogens is 535 g/mol. The average molecular weight is 559 g/mol. The van der Waals surface area contributed by atoms with Gasteiger partial charge in [-0.1, -0.05) is 23.2 Å². The SMILES string of the molecule is CNC(=O)c1nn(-c2ccc(Cl)cc2)nc1CO.O=C(NC1CC1)c1nn(-c2ccc(Cl)cc2)nc1CO. The van der Waals surface area contributed by atoms with Gasteiger partial charge in [-0.3, -0.25) is 9.59 Å². The molecule has 0 unspecified atom stereocenters. The number of aliphatic hydroxyl groups is 2. The van der Waals surface area contributed by atoms with Gasteiger partial charge >= 0.3 is 0 Å². The van der Waals surface area contributed by atoms with Crippen LogP contribution in [0.25, 0.3) is 11.4 Å². The van der Waals surface area contributed by atoms with E-state index in [0.29, 0.717) is 21.4 Å². The van der Waals surface area contributed by atoms with Gasteiger partial charge in [-0.05, 0) is 61.4 Å². The minimum atomic E-state index is -0.390. The van der Waals surface area contributed by atoms with E-state index in [4.69, 9.17) is 28.3 Å². The van der Waals surface area contributed by atoms with E-state index < -0.39 is 0 Å². The highest BCUT2D eigenvalue weighted by molar-refractivity contribution is 6.30. The van der Waals surface area contributed by atoms with Crippen LogP contribution in [0.4, 0.5) is 0 Å². The van der Waals surface area contributed by atoms with Gasteiger partial charge < -0.3 is 20.8 Å². The van der Waals surface area contributed by atoms with E-state index in [1.165, 1.54) is 16.6 Å². The topological polar surface area (TPSA) is 160 Å². The zero-order valence-electron chi connectivity index (χ0n) is 20.2. The monoisotopic (exact) mass is 558 g/mol. The van der Waals surface area contributed by atoms with Crippen LogP contribution < -0.4 is 10.6 Å². The molecular formula is C24H24Cl2N8O4. The number of nitrogens with zero attached hydrogens (tertiary/aromatic N) is 6. The van der Waals surface area contributed by atoms with Gasteiger partial charge in [0.2, 0.25) is 0 Å². The molecule has 0 spiro atoms. The molecule has 2 heterocycles. The van der Waals surface area contributed by atoms with E-state index in [2.05, 4.69) is 31.0 Å². The van der Waals surface area contributed by atoms with Crippen LogP contribution in [0.3, 0.4) is 0 Å². The lowest BCUT2D eigenvalue weighted by Gasteiger charge is -2.00. The first-order valence-corrected chi connectivity index (χ1v) is 12.3. The number of hydrogen-bond donors (Lipinski definition) is 4. The van der Waals surface area contributed by atoms with Gasteiger partial charge in [0.05, 0.1) is 24.6 Å². The van der Waals surface area contributed by atoms with Crippen molar-refractivity contribution in [2.24, 2.45) is 0 Å². The lowest BCUT2D eigenvalue weighted by Crippen LogP contribution is -2.26. The van der Waals surface area contributed by atoms with Crippen molar-refractivity contribution in [3.63, 3.8) is 0 Å². The molecule has 0 radical (unpaired) electrons. The molecule has 0 atom stereocenters. The van der Waals surface area contributed by atoms with Crippen molar-refractivity contribution in [1.82, 2.24) is 40.6 Å². The van der Waals surface area contributed by atoms with Crippen LogP contribution >= 0.6 is 23.2 Å². The fourth-order valence-electron chi connectivity index (χ4n) is 3.22. The van der Waals surface area contributed by atoms with Crippen LogP contribution in [-0.2, 0) is 13.2 Å². The Labute approximate surface area is 227 Å². The van der Waals surface area contributed by atoms with Gasteiger partial charge in [-0.15, -0.1) is 20.4 Å². The van der Waals surface area contributed by atoms with E-state index in [1.807, 2.05) is 0 Å². The minimum absolute atomic E-state index is 0.106. The predicted molar refractivity (Wildman–Crippen MR) is 138 cm³/mol. The second-order valence-electron chi connectivity index (χ2n) is 8.17. The van der Waals surface area contributed by atoms with Gasteiger partial charge in [-0.2, -0.15) is 9.59 Å². The normalized spacial score (nSPS) is 12.4. The second kappa shape index (κ2) is 12.1. The van der Waals surface area contributed by atoms with Gasteiger partial charge in [0.25, 0.3) is 11.8 Å². The fourth-order valence-corrected chi connectivity index (χ4v) is 3.47. The molecule has 1 aliphatic carbocycles. The van der Waals surface area contributed by atoms with Gasteiger partial charge in [-0.25, -0.2) is 0 Å². The van der Waals surface area contributed by atoms with Crippen molar-refractivity contribution in [3.8, 4) is 11.4 Å². The number of halogens is 2. The number of nitrogens with one attached hydrogen (secondary N) is 2. The summed E-state index contributed by atoms with van der Waals surface area (Å²) in [5.74, 6) is -0.684. The van der Waals surface area contributed by atoms with Crippen LogP contribution in [0, 0.1) is 0 Å². The summed E-state index contributed by atoms with van der Waals surface area (Å²) in [5.41, 5.74) is 2.09. The van der Waals surface area contributed by atoms with Crippen molar-refractivity contribution in [2.45, 2.75) is 32.1 Å². The molecule has 2 amide bonds. The Hall–Kier alpha value is -3.84. The average Bonchev–Trinajstić information content (AvgIpc) is 3.47. The summed E-state index contributed by atoms with van der Waals surface area (Å²) in [5, 5.41) is 41.3. The molecule has 4 aromatic rings. The molecule has 198 valence electrons. The third-order valence-electron chi connectivity index (χ3n) is 5.35. The zero-order chi connectivity index (χ0) is 27.2. The highest BCUT2D eigenvalue weighted by atomic mass is 35.5. The number of carbonyl (C=O) groups is 2. The number of aromatic nitrogens is 6. The van der Waals surface area contributed by atoms with Gasteiger partial charge in [0.1, 0.15) is 11.4 Å². The minimum Gasteiger partial charge on any atom is -0.390 e. The maximum Gasteiger partial charge on any atom is 0.274 e. The van der Waals surface area contributed by atoms with Crippen LogP contribution in [-0.4, -0.2) is 65.1 Å².